The minimum Gasteiger partial charge on any atom is -0.444 e. The van der Waals surface area contributed by atoms with E-state index in [2.05, 4.69) is 20.8 Å². The average molecular weight is 282 g/mol. The summed E-state index contributed by atoms with van der Waals surface area (Å²) in [7, 11) is 0. The Morgan fingerprint density at radius 3 is 2.30 bits per heavy atom. The standard InChI is InChI=1S/C16H30N2O2/c1-10-7-8-11(12-13(17)16(12,5)6)9-18(10)14(19)20-15(2,3)4/h10-13H,7-9,17H2,1-6H3/t10-,11?,12-,13-/m1/s1. The van der Waals surface area contributed by atoms with Crippen LogP contribution in [0.5, 0.6) is 0 Å². The molecule has 1 heterocycles. The van der Waals surface area contributed by atoms with E-state index in [0.717, 1.165) is 13.0 Å². The number of nitrogens with zero attached hydrogens (tertiary/aromatic N) is 1. The van der Waals surface area contributed by atoms with E-state index < -0.39 is 5.60 Å². The van der Waals surface area contributed by atoms with Gasteiger partial charge in [0, 0.05) is 18.6 Å². The van der Waals surface area contributed by atoms with Crippen molar-refractivity contribution < 1.29 is 9.53 Å². The quantitative estimate of drug-likeness (QED) is 0.804. The first-order valence-electron chi connectivity index (χ1n) is 7.79. The lowest BCUT2D eigenvalue weighted by atomic mass is 9.87. The number of hydrogen-bond donors (Lipinski definition) is 1. The van der Waals surface area contributed by atoms with E-state index in [0.29, 0.717) is 11.8 Å². The summed E-state index contributed by atoms with van der Waals surface area (Å²) in [6.07, 6.45) is 2.03. The molecule has 1 amide bonds. The van der Waals surface area contributed by atoms with Crippen molar-refractivity contribution in [2.45, 2.75) is 72.1 Å². The van der Waals surface area contributed by atoms with E-state index in [9.17, 15) is 4.79 Å². The number of carbonyl (C=O) groups excluding carboxylic acids is 1. The monoisotopic (exact) mass is 282 g/mol. The van der Waals surface area contributed by atoms with Gasteiger partial charge < -0.3 is 15.4 Å². The first-order valence-corrected chi connectivity index (χ1v) is 7.79. The molecule has 0 radical (unpaired) electrons. The van der Waals surface area contributed by atoms with Crippen LogP contribution in [0.25, 0.3) is 0 Å². The Morgan fingerprint density at radius 1 is 1.30 bits per heavy atom. The first-order chi connectivity index (χ1) is 9.04. The highest BCUT2D eigenvalue weighted by Crippen LogP contribution is 2.56. The van der Waals surface area contributed by atoms with Gasteiger partial charge in [0.15, 0.2) is 0 Å². The van der Waals surface area contributed by atoms with Gasteiger partial charge in [0.05, 0.1) is 0 Å². The van der Waals surface area contributed by atoms with Crippen LogP contribution in [0.1, 0.15) is 54.4 Å². The normalized spacial score (nSPS) is 36.6. The molecule has 0 bridgehead atoms. The molecule has 4 heteroatoms. The number of likely N-dealkylation sites (tertiary alicyclic amines) is 1. The van der Waals surface area contributed by atoms with E-state index >= 15 is 0 Å². The molecule has 116 valence electrons. The summed E-state index contributed by atoms with van der Waals surface area (Å²) in [5, 5.41) is 0. The molecule has 2 fully saturated rings. The van der Waals surface area contributed by atoms with Gasteiger partial charge in [-0.05, 0) is 57.8 Å². The van der Waals surface area contributed by atoms with Crippen LogP contribution in [0, 0.1) is 17.3 Å². The number of ether oxygens (including phenoxy) is 1. The van der Waals surface area contributed by atoms with Crippen molar-refractivity contribution in [3.05, 3.63) is 0 Å². The largest absolute Gasteiger partial charge is 0.444 e. The maximum atomic E-state index is 12.3. The molecule has 1 unspecified atom stereocenters. The third-order valence-corrected chi connectivity index (χ3v) is 5.05. The highest BCUT2D eigenvalue weighted by Gasteiger charge is 2.59. The minimum absolute atomic E-state index is 0.179. The van der Waals surface area contributed by atoms with Gasteiger partial charge in [-0.3, -0.25) is 0 Å². The molecule has 4 nitrogen and oxygen atoms in total. The maximum absolute atomic E-state index is 12.3. The smallest absolute Gasteiger partial charge is 0.410 e. The fourth-order valence-electron chi connectivity index (χ4n) is 3.62. The van der Waals surface area contributed by atoms with Gasteiger partial charge in [0.1, 0.15) is 5.60 Å². The SMILES string of the molecule is C[C@@H]1CCC([C@@H]2[C@@H](N)C2(C)C)CN1C(=O)OC(C)(C)C. The molecule has 2 rings (SSSR count). The lowest BCUT2D eigenvalue weighted by Gasteiger charge is -2.39. The maximum Gasteiger partial charge on any atom is 0.410 e. The van der Waals surface area contributed by atoms with E-state index in [1.54, 1.807) is 0 Å². The first kappa shape index (κ1) is 15.6. The van der Waals surface area contributed by atoms with Gasteiger partial charge in [-0.2, -0.15) is 0 Å². The Labute approximate surface area is 123 Å². The number of carbonyl (C=O) groups is 1. The fourth-order valence-corrected chi connectivity index (χ4v) is 3.62. The van der Waals surface area contributed by atoms with Gasteiger partial charge in [-0.25, -0.2) is 4.79 Å². The third kappa shape index (κ3) is 2.95. The second kappa shape index (κ2) is 4.90. The number of hydrogen-bond acceptors (Lipinski definition) is 3. The summed E-state index contributed by atoms with van der Waals surface area (Å²) in [5.74, 6) is 1.06. The van der Waals surface area contributed by atoms with Gasteiger partial charge in [-0.1, -0.05) is 13.8 Å². The second-order valence-corrected chi connectivity index (χ2v) is 8.19. The van der Waals surface area contributed by atoms with E-state index in [1.165, 1.54) is 6.42 Å². The van der Waals surface area contributed by atoms with E-state index in [4.69, 9.17) is 10.5 Å². The van der Waals surface area contributed by atoms with Gasteiger partial charge in [-0.15, -0.1) is 0 Å². The molecular formula is C16H30N2O2. The molecule has 1 saturated heterocycles. The highest BCUT2D eigenvalue weighted by molar-refractivity contribution is 5.68. The molecule has 0 spiro atoms. The van der Waals surface area contributed by atoms with Crippen molar-refractivity contribution in [2.75, 3.05) is 6.54 Å². The topological polar surface area (TPSA) is 55.6 Å². The van der Waals surface area contributed by atoms with Crippen LogP contribution in [0.4, 0.5) is 4.79 Å². The van der Waals surface area contributed by atoms with Crippen molar-refractivity contribution >= 4 is 6.09 Å². The van der Waals surface area contributed by atoms with E-state index in [-0.39, 0.29) is 23.6 Å². The summed E-state index contributed by atoms with van der Waals surface area (Å²) >= 11 is 0. The van der Waals surface area contributed by atoms with Crippen LogP contribution in [0.15, 0.2) is 0 Å². The molecule has 1 saturated carbocycles. The van der Waals surface area contributed by atoms with Crippen LogP contribution < -0.4 is 5.73 Å². The summed E-state index contributed by atoms with van der Waals surface area (Å²) in [6.45, 7) is 13.1. The number of rotatable bonds is 1. The lowest BCUT2D eigenvalue weighted by molar-refractivity contribution is 0.00288. The molecule has 0 aromatic carbocycles. The highest BCUT2D eigenvalue weighted by atomic mass is 16.6. The zero-order chi connectivity index (χ0) is 15.3. The fraction of sp³-hybridized carbons (Fsp3) is 0.938. The summed E-state index contributed by atoms with van der Waals surface area (Å²) in [6, 6.07) is 0.542. The minimum atomic E-state index is -0.432. The molecule has 2 aliphatic rings. The third-order valence-electron chi connectivity index (χ3n) is 5.05. The van der Waals surface area contributed by atoms with E-state index in [1.807, 2.05) is 25.7 Å². The molecule has 0 aromatic rings. The molecule has 4 atom stereocenters. The Bertz CT molecular complexity index is 386. The van der Waals surface area contributed by atoms with Crippen molar-refractivity contribution in [3.8, 4) is 0 Å². The van der Waals surface area contributed by atoms with Crippen molar-refractivity contribution in [2.24, 2.45) is 23.0 Å². The summed E-state index contributed by atoms with van der Waals surface area (Å²) in [4.78, 5) is 14.2. The Morgan fingerprint density at radius 2 is 1.85 bits per heavy atom. The van der Waals surface area contributed by atoms with Gasteiger partial charge in [0.25, 0.3) is 0 Å². The van der Waals surface area contributed by atoms with Gasteiger partial charge >= 0.3 is 6.09 Å². The molecular weight excluding hydrogens is 252 g/mol. The Hall–Kier alpha value is -0.770. The van der Waals surface area contributed by atoms with Gasteiger partial charge in [0.2, 0.25) is 0 Å². The summed E-state index contributed by atoms with van der Waals surface area (Å²) < 4.78 is 5.53. The number of amides is 1. The molecule has 0 aromatic heterocycles. The summed E-state index contributed by atoms with van der Waals surface area (Å²) in [5.41, 5.74) is 5.99. The van der Waals surface area contributed by atoms with Crippen molar-refractivity contribution in [3.63, 3.8) is 0 Å². The van der Waals surface area contributed by atoms with Crippen molar-refractivity contribution in [1.29, 1.82) is 0 Å². The van der Waals surface area contributed by atoms with Crippen LogP contribution in [-0.4, -0.2) is 35.2 Å². The Kier molecular flexibility index (Phi) is 3.83. The van der Waals surface area contributed by atoms with Crippen LogP contribution in [0.2, 0.25) is 0 Å². The Balaban J connectivity index is 2.01. The molecule has 1 aliphatic heterocycles. The zero-order valence-electron chi connectivity index (χ0n) is 13.8. The molecule has 1 aliphatic carbocycles. The lowest BCUT2D eigenvalue weighted by Crippen LogP contribution is -2.48. The predicted octanol–water partition coefficient (Wildman–Crippen LogP) is 3.01. The molecule has 2 N–H and O–H groups in total. The zero-order valence-corrected chi connectivity index (χ0v) is 13.8. The van der Waals surface area contributed by atoms with Crippen molar-refractivity contribution in [1.82, 2.24) is 4.90 Å². The predicted molar refractivity (Wildman–Crippen MR) is 80.4 cm³/mol. The second-order valence-electron chi connectivity index (χ2n) is 8.19. The molecule has 20 heavy (non-hydrogen) atoms. The van der Waals surface area contributed by atoms with Crippen LogP contribution in [-0.2, 0) is 4.74 Å². The van der Waals surface area contributed by atoms with Crippen LogP contribution >= 0.6 is 0 Å². The number of piperidine rings is 1. The van der Waals surface area contributed by atoms with Crippen LogP contribution in [0.3, 0.4) is 0 Å². The number of nitrogens with two attached hydrogens (primary N) is 1. The average Bonchev–Trinajstić information content (AvgIpc) is 2.77.